The average molecular weight is 322 g/mol. The molecule has 3 nitrogen and oxygen atoms in total. The standard InChI is InChI=1S/C19H12ClNO2/c20-16-7-3-1-6-14(16)19(22)21-12-9-10-18-15(11-12)13-5-2-4-8-17(13)23-18/h1-11H,(H,21,22). The van der Waals surface area contributed by atoms with E-state index < -0.39 is 0 Å². The van der Waals surface area contributed by atoms with Crippen LogP contribution in [0.2, 0.25) is 5.02 Å². The lowest BCUT2D eigenvalue weighted by Crippen LogP contribution is -2.12. The van der Waals surface area contributed by atoms with Gasteiger partial charge in [-0.3, -0.25) is 4.79 Å². The summed E-state index contributed by atoms with van der Waals surface area (Å²) in [5.41, 5.74) is 2.78. The molecule has 0 aliphatic heterocycles. The number of furan rings is 1. The van der Waals surface area contributed by atoms with Crippen LogP contribution in [-0.2, 0) is 0 Å². The monoisotopic (exact) mass is 321 g/mol. The molecule has 1 amide bonds. The quantitative estimate of drug-likeness (QED) is 0.530. The first-order valence-electron chi connectivity index (χ1n) is 7.19. The topological polar surface area (TPSA) is 42.2 Å². The van der Waals surface area contributed by atoms with E-state index in [0.717, 1.165) is 21.9 Å². The molecule has 0 atom stereocenters. The predicted molar refractivity (Wildman–Crippen MR) is 93.1 cm³/mol. The maximum absolute atomic E-state index is 12.4. The second kappa shape index (κ2) is 5.45. The Balaban J connectivity index is 1.73. The first-order valence-corrected chi connectivity index (χ1v) is 7.57. The van der Waals surface area contributed by atoms with Gasteiger partial charge in [-0.25, -0.2) is 0 Å². The number of carbonyl (C=O) groups is 1. The Kier molecular flexibility index (Phi) is 3.28. The second-order valence-corrected chi connectivity index (χ2v) is 5.65. The first-order chi connectivity index (χ1) is 11.2. The van der Waals surface area contributed by atoms with Gasteiger partial charge in [0.1, 0.15) is 11.2 Å². The molecule has 0 aliphatic rings. The maximum Gasteiger partial charge on any atom is 0.257 e. The average Bonchev–Trinajstić information content (AvgIpc) is 2.93. The molecule has 0 radical (unpaired) electrons. The van der Waals surface area contributed by atoms with E-state index in [4.69, 9.17) is 16.0 Å². The molecule has 0 bridgehead atoms. The Labute approximate surface area is 137 Å². The zero-order chi connectivity index (χ0) is 15.8. The number of para-hydroxylation sites is 1. The van der Waals surface area contributed by atoms with Crippen LogP contribution in [0.4, 0.5) is 5.69 Å². The molecular weight excluding hydrogens is 310 g/mol. The first kappa shape index (κ1) is 13.9. The molecule has 0 fully saturated rings. The van der Waals surface area contributed by atoms with Crippen molar-refractivity contribution < 1.29 is 9.21 Å². The molecule has 1 aromatic heterocycles. The van der Waals surface area contributed by atoms with Gasteiger partial charge in [0.05, 0.1) is 10.6 Å². The van der Waals surface area contributed by atoms with Crippen LogP contribution in [0.1, 0.15) is 10.4 Å². The molecule has 0 saturated heterocycles. The van der Waals surface area contributed by atoms with Gasteiger partial charge in [-0.15, -0.1) is 0 Å². The third-order valence-corrected chi connectivity index (χ3v) is 4.08. The summed E-state index contributed by atoms with van der Waals surface area (Å²) in [4.78, 5) is 12.4. The van der Waals surface area contributed by atoms with Gasteiger partial charge in [0, 0.05) is 16.5 Å². The maximum atomic E-state index is 12.4. The molecule has 1 N–H and O–H groups in total. The summed E-state index contributed by atoms with van der Waals surface area (Å²) in [5.74, 6) is -0.234. The van der Waals surface area contributed by atoms with E-state index in [1.165, 1.54) is 0 Å². The highest BCUT2D eigenvalue weighted by molar-refractivity contribution is 6.34. The van der Waals surface area contributed by atoms with Gasteiger partial charge >= 0.3 is 0 Å². The number of carbonyl (C=O) groups excluding carboxylic acids is 1. The number of amides is 1. The van der Waals surface area contributed by atoms with Crippen molar-refractivity contribution in [2.24, 2.45) is 0 Å². The van der Waals surface area contributed by atoms with E-state index >= 15 is 0 Å². The van der Waals surface area contributed by atoms with Crippen molar-refractivity contribution in [2.45, 2.75) is 0 Å². The summed E-state index contributed by atoms with van der Waals surface area (Å²) in [6.45, 7) is 0. The summed E-state index contributed by atoms with van der Waals surface area (Å²) >= 11 is 6.07. The fraction of sp³-hybridized carbons (Fsp3) is 0. The van der Waals surface area contributed by atoms with Gasteiger partial charge < -0.3 is 9.73 Å². The van der Waals surface area contributed by atoms with Gasteiger partial charge in [-0.2, -0.15) is 0 Å². The van der Waals surface area contributed by atoms with Gasteiger partial charge in [0.15, 0.2) is 0 Å². The van der Waals surface area contributed by atoms with Crippen LogP contribution in [0.5, 0.6) is 0 Å². The molecule has 0 spiro atoms. The Morgan fingerprint density at radius 3 is 2.48 bits per heavy atom. The van der Waals surface area contributed by atoms with Crippen molar-refractivity contribution in [2.75, 3.05) is 5.32 Å². The zero-order valence-electron chi connectivity index (χ0n) is 12.0. The number of halogens is 1. The molecule has 112 valence electrons. The molecule has 4 heteroatoms. The number of rotatable bonds is 2. The van der Waals surface area contributed by atoms with Crippen LogP contribution >= 0.6 is 11.6 Å². The summed E-state index contributed by atoms with van der Waals surface area (Å²) < 4.78 is 5.78. The lowest BCUT2D eigenvalue weighted by molar-refractivity contribution is 0.102. The highest BCUT2D eigenvalue weighted by atomic mass is 35.5. The van der Waals surface area contributed by atoms with Crippen LogP contribution in [0, 0.1) is 0 Å². The van der Waals surface area contributed by atoms with Crippen LogP contribution in [0.3, 0.4) is 0 Å². The minimum Gasteiger partial charge on any atom is -0.456 e. The largest absolute Gasteiger partial charge is 0.456 e. The normalized spacial score (nSPS) is 11.0. The van der Waals surface area contributed by atoms with Gasteiger partial charge in [0.25, 0.3) is 5.91 Å². The minimum atomic E-state index is -0.234. The van der Waals surface area contributed by atoms with Crippen LogP contribution in [0.25, 0.3) is 21.9 Å². The third kappa shape index (κ3) is 2.45. The number of anilines is 1. The van der Waals surface area contributed by atoms with Gasteiger partial charge in [-0.05, 0) is 36.4 Å². The molecule has 0 aliphatic carbocycles. The minimum absolute atomic E-state index is 0.234. The van der Waals surface area contributed by atoms with Crippen molar-refractivity contribution >= 4 is 45.1 Å². The summed E-state index contributed by atoms with van der Waals surface area (Å²) in [7, 11) is 0. The number of hydrogen-bond donors (Lipinski definition) is 1. The third-order valence-electron chi connectivity index (χ3n) is 3.75. The SMILES string of the molecule is O=C(Nc1ccc2oc3ccccc3c2c1)c1ccccc1Cl. The molecule has 23 heavy (non-hydrogen) atoms. The van der Waals surface area contributed by atoms with Gasteiger partial charge in [0.2, 0.25) is 0 Å². The van der Waals surface area contributed by atoms with Crippen LogP contribution in [-0.4, -0.2) is 5.91 Å². The molecule has 4 aromatic rings. The van der Waals surface area contributed by atoms with E-state index in [9.17, 15) is 4.79 Å². The fourth-order valence-corrected chi connectivity index (χ4v) is 2.87. The summed E-state index contributed by atoms with van der Waals surface area (Å²) in [6, 6.07) is 20.4. The molecule has 0 unspecified atom stereocenters. The molecular formula is C19H12ClNO2. The number of fused-ring (bicyclic) bond motifs is 3. The van der Waals surface area contributed by atoms with Crippen molar-refractivity contribution in [3.05, 3.63) is 77.3 Å². The highest BCUT2D eigenvalue weighted by Crippen LogP contribution is 2.30. The molecule has 3 aromatic carbocycles. The van der Waals surface area contributed by atoms with Crippen molar-refractivity contribution in [1.29, 1.82) is 0 Å². The Bertz CT molecular complexity index is 1040. The lowest BCUT2D eigenvalue weighted by atomic mass is 10.1. The number of hydrogen-bond acceptors (Lipinski definition) is 2. The number of benzene rings is 3. The fourth-order valence-electron chi connectivity index (χ4n) is 2.65. The summed E-state index contributed by atoms with van der Waals surface area (Å²) in [5, 5.41) is 5.31. The second-order valence-electron chi connectivity index (χ2n) is 5.24. The van der Waals surface area contributed by atoms with E-state index in [1.807, 2.05) is 42.5 Å². The molecule has 1 heterocycles. The van der Waals surface area contributed by atoms with Crippen molar-refractivity contribution in [3.8, 4) is 0 Å². The highest BCUT2D eigenvalue weighted by Gasteiger charge is 2.11. The smallest absolute Gasteiger partial charge is 0.257 e. The van der Waals surface area contributed by atoms with Crippen molar-refractivity contribution in [1.82, 2.24) is 0 Å². The van der Waals surface area contributed by atoms with Gasteiger partial charge in [-0.1, -0.05) is 41.9 Å². The van der Waals surface area contributed by atoms with Crippen LogP contribution in [0.15, 0.2) is 71.1 Å². The van der Waals surface area contributed by atoms with E-state index in [2.05, 4.69) is 5.32 Å². The Hall–Kier alpha value is -2.78. The molecule has 0 saturated carbocycles. The summed E-state index contributed by atoms with van der Waals surface area (Å²) in [6.07, 6.45) is 0. The zero-order valence-corrected chi connectivity index (χ0v) is 12.8. The van der Waals surface area contributed by atoms with Crippen molar-refractivity contribution in [3.63, 3.8) is 0 Å². The Morgan fingerprint density at radius 1 is 0.870 bits per heavy atom. The lowest BCUT2D eigenvalue weighted by Gasteiger charge is -2.06. The predicted octanol–water partition coefficient (Wildman–Crippen LogP) is 5.49. The van der Waals surface area contributed by atoms with E-state index in [-0.39, 0.29) is 5.91 Å². The van der Waals surface area contributed by atoms with E-state index in [0.29, 0.717) is 16.3 Å². The Morgan fingerprint density at radius 2 is 1.61 bits per heavy atom. The number of nitrogens with one attached hydrogen (secondary N) is 1. The van der Waals surface area contributed by atoms with E-state index in [1.54, 1.807) is 24.3 Å². The van der Waals surface area contributed by atoms with Crippen LogP contribution < -0.4 is 5.32 Å². The molecule has 4 rings (SSSR count).